The minimum absolute atomic E-state index is 0.0169. The molecule has 0 amide bonds. The van der Waals surface area contributed by atoms with Crippen LogP contribution in [0.15, 0.2) is 0 Å². The number of aromatic nitrogens is 2. The number of nitrogens with one attached hydrogen (secondary N) is 1. The minimum Gasteiger partial charge on any atom is -0.280 e. The highest BCUT2D eigenvalue weighted by Gasteiger charge is 2.29. The summed E-state index contributed by atoms with van der Waals surface area (Å²) in [5.74, 6) is -0.0707. The van der Waals surface area contributed by atoms with Crippen molar-refractivity contribution in [2.24, 2.45) is 0 Å². The number of rotatable bonds is 0. The van der Waals surface area contributed by atoms with E-state index >= 15 is 0 Å². The SMILES string of the molecule is N#Cc1n[nH]c2c1CS(=O)(=O)C2. The summed E-state index contributed by atoms with van der Waals surface area (Å²) in [6.45, 7) is 0. The number of hydrogen-bond acceptors (Lipinski definition) is 4. The highest BCUT2D eigenvalue weighted by Crippen LogP contribution is 2.24. The van der Waals surface area contributed by atoms with Gasteiger partial charge < -0.3 is 0 Å². The first-order valence-corrected chi connectivity index (χ1v) is 5.11. The van der Waals surface area contributed by atoms with Gasteiger partial charge in [-0.15, -0.1) is 0 Å². The lowest BCUT2D eigenvalue weighted by Gasteiger charge is -1.87. The van der Waals surface area contributed by atoms with Gasteiger partial charge in [0.25, 0.3) is 0 Å². The van der Waals surface area contributed by atoms with E-state index in [2.05, 4.69) is 10.2 Å². The van der Waals surface area contributed by atoms with E-state index in [1.165, 1.54) is 0 Å². The van der Waals surface area contributed by atoms with E-state index in [1.807, 2.05) is 6.07 Å². The molecule has 0 spiro atoms. The van der Waals surface area contributed by atoms with Crippen molar-refractivity contribution in [3.05, 3.63) is 17.0 Å². The Morgan fingerprint density at radius 2 is 2.25 bits per heavy atom. The molecule has 0 radical (unpaired) electrons. The number of hydrogen-bond donors (Lipinski definition) is 1. The van der Waals surface area contributed by atoms with Crippen molar-refractivity contribution in [2.75, 3.05) is 0 Å². The van der Waals surface area contributed by atoms with Crippen molar-refractivity contribution in [3.63, 3.8) is 0 Å². The molecular formula is C6H5N3O2S. The second-order valence-electron chi connectivity index (χ2n) is 2.67. The van der Waals surface area contributed by atoms with Gasteiger partial charge in [-0.3, -0.25) is 5.10 Å². The van der Waals surface area contributed by atoms with Crippen LogP contribution in [0.2, 0.25) is 0 Å². The lowest BCUT2D eigenvalue weighted by molar-refractivity contribution is 0.597. The van der Waals surface area contributed by atoms with Gasteiger partial charge in [-0.2, -0.15) is 10.4 Å². The maximum atomic E-state index is 11.1. The summed E-state index contributed by atoms with van der Waals surface area (Å²) in [5.41, 5.74) is 1.30. The predicted molar refractivity (Wildman–Crippen MR) is 39.6 cm³/mol. The van der Waals surface area contributed by atoms with Crippen molar-refractivity contribution in [1.29, 1.82) is 5.26 Å². The van der Waals surface area contributed by atoms with Gasteiger partial charge >= 0.3 is 0 Å². The third-order valence-corrected chi connectivity index (χ3v) is 3.24. The molecule has 0 bridgehead atoms. The van der Waals surface area contributed by atoms with Crippen LogP contribution in [0.25, 0.3) is 0 Å². The summed E-state index contributed by atoms with van der Waals surface area (Å²) in [7, 11) is -3.02. The molecule has 1 aromatic rings. The Bertz CT molecular complexity index is 465. The van der Waals surface area contributed by atoms with Crippen LogP contribution in [0.4, 0.5) is 0 Å². The Morgan fingerprint density at radius 3 is 2.92 bits per heavy atom. The van der Waals surface area contributed by atoms with Gasteiger partial charge in [-0.05, 0) is 0 Å². The van der Waals surface area contributed by atoms with Gasteiger partial charge in [-0.25, -0.2) is 8.42 Å². The quantitative estimate of drug-likeness (QED) is 0.598. The van der Waals surface area contributed by atoms with E-state index in [0.29, 0.717) is 11.3 Å². The molecule has 0 aliphatic carbocycles. The van der Waals surface area contributed by atoms with Crippen molar-refractivity contribution in [3.8, 4) is 6.07 Å². The fraction of sp³-hybridized carbons (Fsp3) is 0.333. The predicted octanol–water partition coefficient (Wildman–Crippen LogP) is -0.290. The van der Waals surface area contributed by atoms with Crippen LogP contribution in [0.5, 0.6) is 0 Å². The molecular weight excluding hydrogens is 178 g/mol. The molecule has 0 fully saturated rings. The monoisotopic (exact) mass is 183 g/mol. The average molecular weight is 183 g/mol. The molecule has 12 heavy (non-hydrogen) atoms. The molecule has 0 saturated heterocycles. The standard InChI is InChI=1S/C6H5N3O2S/c7-1-5-4-2-12(10,11)3-6(4)9-8-5/h2-3H2,(H,8,9). The Hall–Kier alpha value is -1.35. The van der Waals surface area contributed by atoms with Crippen LogP contribution in [0.3, 0.4) is 0 Å². The topological polar surface area (TPSA) is 86.6 Å². The lowest BCUT2D eigenvalue weighted by Crippen LogP contribution is -1.98. The van der Waals surface area contributed by atoms with Gasteiger partial charge in [0.1, 0.15) is 6.07 Å². The molecule has 2 rings (SSSR count). The lowest BCUT2D eigenvalue weighted by atomic mass is 10.2. The summed E-state index contributed by atoms with van der Waals surface area (Å²) >= 11 is 0. The van der Waals surface area contributed by atoms with E-state index in [9.17, 15) is 8.42 Å². The van der Waals surface area contributed by atoms with E-state index in [-0.39, 0.29) is 17.2 Å². The van der Waals surface area contributed by atoms with Crippen LogP contribution < -0.4 is 0 Å². The average Bonchev–Trinajstić information content (AvgIpc) is 2.42. The molecule has 1 N–H and O–H groups in total. The largest absolute Gasteiger partial charge is 0.280 e. The Morgan fingerprint density at radius 1 is 1.50 bits per heavy atom. The molecule has 2 heterocycles. The van der Waals surface area contributed by atoms with E-state index in [0.717, 1.165) is 0 Å². The maximum Gasteiger partial charge on any atom is 0.166 e. The zero-order valence-corrected chi connectivity index (χ0v) is 6.85. The maximum absolute atomic E-state index is 11.1. The molecule has 5 nitrogen and oxygen atoms in total. The first kappa shape index (κ1) is 7.31. The number of nitrogens with zero attached hydrogens (tertiary/aromatic N) is 2. The van der Waals surface area contributed by atoms with E-state index in [4.69, 9.17) is 5.26 Å². The zero-order chi connectivity index (χ0) is 8.77. The molecule has 1 aliphatic heterocycles. The van der Waals surface area contributed by atoms with Crippen LogP contribution >= 0.6 is 0 Å². The summed E-state index contributed by atoms with van der Waals surface area (Å²) in [4.78, 5) is 0. The number of nitriles is 1. The summed E-state index contributed by atoms with van der Waals surface area (Å²) in [6, 6.07) is 1.84. The second kappa shape index (κ2) is 2.08. The summed E-state index contributed by atoms with van der Waals surface area (Å²) in [5, 5.41) is 14.7. The van der Waals surface area contributed by atoms with Crippen molar-refractivity contribution in [2.45, 2.75) is 11.5 Å². The van der Waals surface area contributed by atoms with Crippen LogP contribution in [0.1, 0.15) is 17.0 Å². The van der Waals surface area contributed by atoms with Gasteiger partial charge in [0.05, 0.1) is 17.2 Å². The van der Waals surface area contributed by atoms with E-state index in [1.54, 1.807) is 0 Å². The van der Waals surface area contributed by atoms with Crippen molar-refractivity contribution >= 4 is 9.84 Å². The Balaban J connectivity index is 2.59. The second-order valence-corrected chi connectivity index (χ2v) is 4.74. The van der Waals surface area contributed by atoms with Crippen LogP contribution in [-0.2, 0) is 21.3 Å². The Kier molecular flexibility index (Phi) is 1.26. The third kappa shape index (κ3) is 0.905. The van der Waals surface area contributed by atoms with Crippen LogP contribution in [0, 0.1) is 11.3 Å². The first-order chi connectivity index (χ1) is 5.62. The number of aromatic amines is 1. The molecule has 0 atom stereocenters. The van der Waals surface area contributed by atoms with Gasteiger partial charge in [0, 0.05) is 5.56 Å². The molecule has 1 aliphatic rings. The number of H-pyrrole nitrogens is 1. The van der Waals surface area contributed by atoms with Crippen LogP contribution in [-0.4, -0.2) is 18.6 Å². The Labute approximate surface area is 68.9 Å². The minimum atomic E-state index is -3.02. The highest BCUT2D eigenvalue weighted by molar-refractivity contribution is 7.90. The van der Waals surface area contributed by atoms with E-state index < -0.39 is 9.84 Å². The van der Waals surface area contributed by atoms with Gasteiger partial charge in [-0.1, -0.05) is 0 Å². The normalized spacial score (nSPS) is 18.6. The van der Waals surface area contributed by atoms with Crippen molar-refractivity contribution in [1.82, 2.24) is 10.2 Å². The summed E-state index contributed by atoms with van der Waals surface area (Å²) < 4.78 is 22.1. The molecule has 0 saturated carbocycles. The molecule has 62 valence electrons. The fourth-order valence-electron chi connectivity index (χ4n) is 1.26. The molecule has 0 unspecified atom stereocenters. The van der Waals surface area contributed by atoms with Gasteiger partial charge in [0.2, 0.25) is 0 Å². The third-order valence-electron chi connectivity index (χ3n) is 1.79. The van der Waals surface area contributed by atoms with Gasteiger partial charge in [0.15, 0.2) is 15.5 Å². The molecule has 6 heteroatoms. The summed E-state index contributed by atoms with van der Waals surface area (Å²) in [6.07, 6.45) is 0. The number of sulfone groups is 1. The first-order valence-electron chi connectivity index (χ1n) is 3.29. The fourth-order valence-corrected chi connectivity index (χ4v) is 2.79. The number of fused-ring (bicyclic) bond motifs is 1. The highest BCUT2D eigenvalue weighted by atomic mass is 32.2. The van der Waals surface area contributed by atoms with Crippen molar-refractivity contribution < 1.29 is 8.42 Å². The zero-order valence-electron chi connectivity index (χ0n) is 6.03. The smallest absolute Gasteiger partial charge is 0.166 e. The molecule has 0 aromatic carbocycles. The molecule has 1 aromatic heterocycles.